The summed E-state index contributed by atoms with van der Waals surface area (Å²) in [5, 5.41) is 11.7. The normalized spacial score (nSPS) is 10.3. The Kier molecular flexibility index (Phi) is 3.87. The van der Waals surface area contributed by atoms with Gasteiger partial charge in [0.05, 0.1) is 12.1 Å². The molecule has 0 radical (unpaired) electrons. The van der Waals surface area contributed by atoms with E-state index in [4.69, 9.17) is 27.9 Å². The number of pyridine rings is 1. The Hall–Kier alpha value is -1.85. The number of hydrogen-bond acceptors (Lipinski definition) is 4. The minimum absolute atomic E-state index is 0.0773. The van der Waals surface area contributed by atoms with Crippen LogP contribution in [-0.4, -0.2) is 17.0 Å². The van der Waals surface area contributed by atoms with Crippen LogP contribution in [0.4, 0.5) is 5.82 Å². The van der Waals surface area contributed by atoms with Crippen LogP contribution in [0.3, 0.4) is 0 Å². The van der Waals surface area contributed by atoms with Crippen molar-refractivity contribution in [3.63, 3.8) is 0 Å². The second-order valence-electron chi connectivity index (χ2n) is 3.63. The van der Waals surface area contributed by atoms with Crippen LogP contribution in [0.15, 0.2) is 30.5 Å². The largest absolute Gasteiger partial charge is 0.489 e. The summed E-state index contributed by atoms with van der Waals surface area (Å²) >= 11 is 11.9. The smallest absolute Gasteiger partial charge is 0.406 e. The Morgan fingerprint density at radius 2 is 2.05 bits per heavy atom. The van der Waals surface area contributed by atoms with Gasteiger partial charge in [-0.05, 0) is 22.0 Å². The van der Waals surface area contributed by atoms with Gasteiger partial charge in [0.2, 0.25) is 5.75 Å². The lowest BCUT2D eigenvalue weighted by molar-refractivity contribution is -0.390. The van der Waals surface area contributed by atoms with Crippen LogP contribution in [0, 0.1) is 10.1 Å². The first-order chi connectivity index (χ1) is 9.02. The number of nitro groups is 1. The van der Waals surface area contributed by atoms with E-state index in [1.807, 2.05) is 0 Å². The lowest BCUT2D eigenvalue weighted by Crippen LogP contribution is -1.97. The van der Waals surface area contributed by atoms with E-state index in [0.29, 0.717) is 21.2 Å². The van der Waals surface area contributed by atoms with Crippen molar-refractivity contribution in [3.05, 3.63) is 50.6 Å². The van der Waals surface area contributed by atoms with E-state index in [0.717, 1.165) is 0 Å². The molecule has 0 saturated heterocycles. The van der Waals surface area contributed by atoms with Gasteiger partial charge in [-0.15, -0.1) is 0 Å². The fraction of sp³-hybridized carbons (Fsp3) is 0.0833. The van der Waals surface area contributed by atoms with Crippen molar-refractivity contribution < 1.29 is 9.66 Å². The van der Waals surface area contributed by atoms with Gasteiger partial charge in [-0.3, -0.25) is 0 Å². The standard InChI is InChI=1S/C12H8Cl2N2O3/c1-19-11-4-7(6-15-12(11)16(17)18)9-3-2-8(13)5-10(9)14/h2-6H,1H3. The quantitative estimate of drug-likeness (QED) is 0.635. The molecule has 0 atom stereocenters. The molecule has 2 aromatic rings. The van der Waals surface area contributed by atoms with Crippen molar-refractivity contribution in [2.75, 3.05) is 7.11 Å². The number of aromatic nitrogens is 1. The number of halogens is 2. The molecule has 0 aliphatic rings. The van der Waals surface area contributed by atoms with Crippen molar-refractivity contribution in [1.29, 1.82) is 0 Å². The molecule has 1 heterocycles. The third-order valence-electron chi connectivity index (χ3n) is 2.47. The summed E-state index contributed by atoms with van der Waals surface area (Å²) in [6, 6.07) is 6.50. The summed E-state index contributed by atoms with van der Waals surface area (Å²) in [6.07, 6.45) is 1.37. The van der Waals surface area contributed by atoms with Crippen molar-refractivity contribution in [2.24, 2.45) is 0 Å². The van der Waals surface area contributed by atoms with Gasteiger partial charge in [0.25, 0.3) is 0 Å². The lowest BCUT2D eigenvalue weighted by Gasteiger charge is -2.06. The highest BCUT2D eigenvalue weighted by Crippen LogP contribution is 2.34. The number of rotatable bonds is 3. The van der Waals surface area contributed by atoms with Crippen LogP contribution < -0.4 is 4.74 Å². The van der Waals surface area contributed by atoms with Crippen LogP contribution in [-0.2, 0) is 0 Å². The Bertz CT molecular complexity index is 647. The second kappa shape index (κ2) is 5.42. The molecule has 0 saturated carbocycles. The zero-order chi connectivity index (χ0) is 14.0. The second-order valence-corrected chi connectivity index (χ2v) is 4.47. The average Bonchev–Trinajstić information content (AvgIpc) is 2.37. The van der Waals surface area contributed by atoms with Crippen molar-refractivity contribution in [3.8, 4) is 16.9 Å². The first-order valence-corrected chi connectivity index (χ1v) is 5.92. The molecular formula is C12H8Cl2N2O3. The molecule has 0 aliphatic heterocycles. The summed E-state index contributed by atoms with van der Waals surface area (Å²) in [6.45, 7) is 0. The van der Waals surface area contributed by atoms with Gasteiger partial charge in [0, 0.05) is 22.2 Å². The topological polar surface area (TPSA) is 65.3 Å². The minimum atomic E-state index is -0.605. The van der Waals surface area contributed by atoms with Crippen molar-refractivity contribution in [1.82, 2.24) is 4.98 Å². The average molecular weight is 299 g/mol. The predicted octanol–water partition coefficient (Wildman–Crippen LogP) is 3.97. The van der Waals surface area contributed by atoms with Gasteiger partial charge in [0.1, 0.15) is 6.20 Å². The zero-order valence-electron chi connectivity index (χ0n) is 9.76. The first-order valence-electron chi connectivity index (χ1n) is 5.16. The highest BCUT2D eigenvalue weighted by atomic mass is 35.5. The molecule has 5 nitrogen and oxygen atoms in total. The van der Waals surface area contributed by atoms with Gasteiger partial charge in [-0.2, -0.15) is 0 Å². The summed E-state index contributed by atoms with van der Waals surface area (Å²) in [7, 11) is 1.34. The molecule has 1 aromatic heterocycles. The van der Waals surface area contributed by atoms with E-state index in [1.54, 1.807) is 18.2 Å². The summed E-state index contributed by atoms with van der Waals surface area (Å²) in [5.41, 5.74) is 1.29. The Morgan fingerprint density at radius 1 is 1.32 bits per heavy atom. The van der Waals surface area contributed by atoms with Gasteiger partial charge >= 0.3 is 5.82 Å². The van der Waals surface area contributed by atoms with Crippen LogP contribution in [0.5, 0.6) is 5.75 Å². The molecule has 0 N–H and O–H groups in total. The number of nitrogens with zero attached hydrogens (tertiary/aromatic N) is 2. The first kappa shape index (κ1) is 13.6. The van der Waals surface area contributed by atoms with Gasteiger partial charge in [-0.25, -0.2) is 0 Å². The fourth-order valence-electron chi connectivity index (χ4n) is 1.60. The summed E-state index contributed by atoms with van der Waals surface area (Å²) in [5.74, 6) is -0.259. The third kappa shape index (κ3) is 2.77. The monoisotopic (exact) mass is 298 g/mol. The molecule has 0 aliphatic carbocycles. The number of methoxy groups -OCH3 is 1. The predicted molar refractivity (Wildman–Crippen MR) is 72.9 cm³/mol. The minimum Gasteiger partial charge on any atom is -0.489 e. The van der Waals surface area contributed by atoms with Crippen LogP contribution >= 0.6 is 23.2 Å². The zero-order valence-corrected chi connectivity index (χ0v) is 11.3. The molecule has 0 unspecified atom stereocenters. The molecule has 2 rings (SSSR count). The van der Waals surface area contributed by atoms with Crippen LogP contribution in [0.25, 0.3) is 11.1 Å². The maximum absolute atomic E-state index is 10.8. The van der Waals surface area contributed by atoms with E-state index < -0.39 is 4.92 Å². The Morgan fingerprint density at radius 3 is 2.63 bits per heavy atom. The van der Waals surface area contributed by atoms with Crippen LogP contribution in [0.2, 0.25) is 10.0 Å². The van der Waals surface area contributed by atoms with Gasteiger partial charge < -0.3 is 14.9 Å². The molecule has 98 valence electrons. The molecule has 0 bridgehead atoms. The van der Waals surface area contributed by atoms with Gasteiger partial charge in [0.15, 0.2) is 0 Å². The summed E-state index contributed by atoms with van der Waals surface area (Å²) < 4.78 is 4.96. The van der Waals surface area contributed by atoms with Crippen LogP contribution in [0.1, 0.15) is 0 Å². The lowest BCUT2D eigenvalue weighted by atomic mass is 10.1. The van der Waals surface area contributed by atoms with Crippen molar-refractivity contribution >= 4 is 29.0 Å². The van der Waals surface area contributed by atoms with E-state index in [9.17, 15) is 10.1 Å². The van der Waals surface area contributed by atoms with Gasteiger partial charge in [-0.1, -0.05) is 29.3 Å². The Balaban J connectivity index is 2.54. The Labute approximate surface area is 118 Å². The SMILES string of the molecule is COc1cc(-c2ccc(Cl)cc2Cl)cnc1[N+](=O)[O-]. The maximum Gasteiger partial charge on any atom is 0.406 e. The highest BCUT2D eigenvalue weighted by molar-refractivity contribution is 6.36. The molecular weight excluding hydrogens is 291 g/mol. The molecule has 0 spiro atoms. The highest BCUT2D eigenvalue weighted by Gasteiger charge is 2.18. The number of benzene rings is 1. The molecule has 1 aromatic carbocycles. The maximum atomic E-state index is 10.8. The number of hydrogen-bond donors (Lipinski definition) is 0. The number of ether oxygens (including phenoxy) is 1. The molecule has 0 amide bonds. The fourth-order valence-corrected chi connectivity index (χ4v) is 2.11. The van der Waals surface area contributed by atoms with E-state index >= 15 is 0 Å². The third-order valence-corrected chi connectivity index (χ3v) is 3.02. The van der Waals surface area contributed by atoms with E-state index in [-0.39, 0.29) is 11.6 Å². The molecule has 7 heteroatoms. The summed E-state index contributed by atoms with van der Waals surface area (Å²) in [4.78, 5) is 13.9. The van der Waals surface area contributed by atoms with E-state index in [1.165, 1.54) is 19.4 Å². The van der Waals surface area contributed by atoms with Crippen molar-refractivity contribution in [2.45, 2.75) is 0 Å². The van der Waals surface area contributed by atoms with E-state index in [2.05, 4.69) is 4.98 Å². The molecule has 0 fully saturated rings. The molecule has 19 heavy (non-hydrogen) atoms.